The number of nitrogens with one attached hydrogen (secondary N) is 2. The Bertz CT molecular complexity index is 415. The van der Waals surface area contributed by atoms with Crippen LogP contribution < -0.4 is 10.6 Å². The van der Waals surface area contributed by atoms with Crippen LogP contribution >= 0.6 is 11.6 Å². The number of piperidine rings is 1. The molecule has 3 rings (SSSR count). The molecule has 2 heterocycles. The van der Waals surface area contributed by atoms with Crippen LogP contribution in [0.2, 0.25) is 5.28 Å². The summed E-state index contributed by atoms with van der Waals surface area (Å²) in [5.41, 5.74) is 2.43. The van der Waals surface area contributed by atoms with E-state index < -0.39 is 0 Å². The lowest BCUT2D eigenvalue weighted by Gasteiger charge is -2.25. The van der Waals surface area contributed by atoms with E-state index in [1.54, 1.807) is 0 Å². The number of nitrogens with zero attached hydrogens (tertiary/aromatic N) is 2. The van der Waals surface area contributed by atoms with Crippen molar-refractivity contribution in [3.8, 4) is 0 Å². The molecule has 0 radical (unpaired) electrons. The molecule has 0 amide bonds. The molecule has 1 fully saturated rings. The van der Waals surface area contributed by atoms with Gasteiger partial charge >= 0.3 is 0 Å². The first-order valence-electron chi connectivity index (χ1n) is 6.35. The normalized spacial score (nSPS) is 20.3. The number of hydrogen-bond donors (Lipinski definition) is 2. The maximum Gasteiger partial charge on any atom is 0.224 e. The van der Waals surface area contributed by atoms with Crippen molar-refractivity contribution < 1.29 is 0 Å². The molecular weight excluding hydrogens is 236 g/mol. The zero-order chi connectivity index (χ0) is 11.7. The van der Waals surface area contributed by atoms with Gasteiger partial charge in [-0.25, -0.2) is 9.97 Å². The quantitative estimate of drug-likeness (QED) is 0.788. The van der Waals surface area contributed by atoms with Crippen LogP contribution in [0.15, 0.2) is 0 Å². The molecule has 1 aromatic rings. The summed E-state index contributed by atoms with van der Waals surface area (Å²) in [6, 6.07) is 0.520. The molecule has 92 valence electrons. The van der Waals surface area contributed by atoms with E-state index in [0.717, 1.165) is 50.3 Å². The van der Waals surface area contributed by atoms with Crippen molar-refractivity contribution >= 4 is 17.4 Å². The largest absolute Gasteiger partial charge is 0.367 e. The summed E-state index contributed by atoms with van der Waals surface area (Å²) >= 11 is 5.97. The first-order valence-corrected chi connectivity index (χ1v) is 6.73. The van der Waals surface area contributed by atoms with Gasteiger partial charge in [0, 0.05) is 11.6 Å². The highest BCUT2D eigenvalue weighted by molar-refractivity contribution is 6.28. The third-order valence-electron chi connectivity index (χ3n) is 3.59. The van der Waals surface area contributed by atoms with Crippen LogP contribution in [0, 0.1) is 0 Å². The number of anilines is 1. The second-order valence-corrected chi connectivity index (χ2v) is 5.13. The number of fused-ring (bicyclic) bond motifs is 1. The van der Waals surface area contributed by atoms with Gasteiger partial charge in [0.05, 0.1) is 5.69 Å². The minimum absolute atomic E-state index is 0.377. The minimum Gasteiger partial charge on any atom is -0.367 e. The Morgan fingerprint density at radius 3 is 2.82 bits per heavy atom. The van der Waals surface area contributed by atoms with Crippen molar-refractivity contribution in [2.75, 3.05) is 18.4 Å². The first-order chi connectivity index (χ1) is 8.33. The van der Waals surface area contributed by atoms with Crippen molar-refractivity contribution in [1.29, 1.82) is 0 Å². The van der Waals surface area contributed by atoms with E-state index in [4.69, 9.17) is 11.6 Å². The molecule has 0 spiro atoms. The molecule has 0 bridgehead atoms. The molecule has 0 atom stereocenters. The summed E-state index contributed by atoms with van der Waals surface area (Å²) in [6.07, 6.45) is 5.59. The van der Waals surface area contributed by atoms with Crippen molar-refractivity contribution in [2.45, 2.75) is 38.1 Å². The Balaban J connectivity index is 1.82. The van der Waals surface area contributed by atoms with Gasteiger partial charge in [-0.1, -0.05) is 0 Å². The second-order valence-electron chi connectivity index (χ2n) is 4.79. The molecule has 1 saturated heterocycles. The Kier molecular flexibility index (Phi) is 3.16. The van der Waals surface area contributed by atoms with Gasteiger partial charge < -0.3 is 10.6 Å². The summed E-state index contributed by atoms with van der Waals surface area (Å²) in [7, 11) is 0. The maximum atomic E-state index is 5.97. The van der Waals surface area contributed by atoms with Crippen LogP contribution in [-0.2, 0) is 12.8 Å². The van der Waals surface area contributed by atoms with Crippen molar-refractivity contribution in [2.24, 2.45) is 0 Å². The van der Waals surface area contributed by atoms with Crippen LogP contribution in [0.25, 0.3) is 0 Å². The molecule has 1 aromatic heterocycles. The summed E-state index contributed by atoms with van der Waals surface area (Å²) in [6.45, 7) is 2.16. The lowest BCUT2D eigenvalue weighted by atomic mass is 10.1. The van der Waals surface area contributed by atoms with Gasteiger partial charge in [0.2, 0.25) is 5.28 Å². The summed E-state index contributed by atoms with van der Waals surface area (Å²) < 4.78 is 0. The van der Waals surface area contributed by atoms with E-state index in [1.165, 1.54) is 12.0 Å². The fourth-order valence-corrected chi connectivity index (χ4v) is 2.87. The second kappa shape index (κ2) is 4.78. The molecule has 17 heavy (non-hydrogen) atoms. The summed E-state index contributed by atoms with van der Waals surface area (Å²) in [5.74, 6) is 0.976. The number of halogens is 1. The van der Waals surface area contributed by atoms with Crippen molar-refractivity contribution in [3.05, 3.63) is 16.5 Å². The molecule has 1 aliphatic heterocycles. The topological polar surface area (TPSA) is 49.8 Å². The zero-order valence-electron chi connectivity index (χ0n) is 9.80. The minimum atomic E-state index is 0.377. The van der Waals surface area contributed by atoms with Crippen molar-refractivity contribution in [3.63, 3.8) is 0 Å². The van der Waals surface area contributed by atoms with E-state index in [-0.39, 0.29) is 0 Å². The van der Waals surface area contributed by atoms with Gasteiger partial charge in [-0.05, 0) is 56.8 Å². The lowest BCUT2D eigenvalue weighted by Crippen LogP contribution is -2.35. The first kappa shape index (κ1) is 11.2. The highest BCUT2D eigenvalue weighted by Gasteiger charge is 2.21. The smallest absolute Gasteiger partial charge is 0.224 e. The monoisotopic (exact) mass is 252 g/mol. The number of hydrogen-bond acceptors (Lipinski definition) is 4. The fraction of sp³-hybridized carbons (Fsp3) is 0.667. The maximum absolute atomic E-state index is 5.97. The van der Waals surface area contributed by atoms with Crippen molar-refractivity contribution in [1.82, 2.24) is 15.3 Å². The summed E-state index contributed by atoms with van der Waals surface area (Å²) in [4.78, 5) is 8.67. The number of aromatic nitrogens is 2. The molecule has 4 nitrogen and oxygen atoms in total. The third kappa shape index (κ3) is 2.38. The Hall–Kier alpha value is -0.870. The zero-order valence-corrected chi connectivity index (χ0v) is 10.6. The molecular formula is C12H17ClN4. The van der Waals surface area contributed by atoms with E-state index in [2.05, 4.69) is 20.6 Å². The van der Waals surface area contributed by atoms with Crippen LogP contribution in [-0.4, -0.2) is 29.1 Å². The molecule has 0 aromatic carbocycles. The van der Waals surface area contributed by atoms with E-state index in [9.17, 15) is 0 Å². The summed E-state index contributed by atoms with van der Waals surface area (Å²) in [5, 5.41) is 7.29. The van der Waals surface area contributed by atoms with Gasteiger partial charge in [-0.3, -0.25) is 0 Å². The average Bonchev–Trinajstić information content (AvgIpc) is 2.78. The van der Waals surface area contributed by atoms with Crippen LogP contribution in [0.3, 0.4) is 0 Å². The van der Waals surface area contributed by atoms with Crippen LogP contribution in [0.4, 0.5) is 5.82 Å². The van der Waals surface area contributed by atoms with Gasteiger partial charge in [0.1, 0.15) is 5.82 Å². The molecule has 2 N–H and O–H groups in total. The standard InChI is InChI=1S/C12H17ClN4/c13-12-16-10-3-1-2-9(10)11(17-12)15-8-4-6-14-7-5-8/h8,14H,1-7H2,(H,15,16,17). The van der Waals surface area contributed by atoms with Gasteiger partial charge in [-0.15, -0.1) is 0 Å². The highest BCUT2D eigenvalue weighted by atomic mass is 35.5. The predicted octanol–water partition coefficient (Wildman–Crippen LogP) is 1.78. The van der Waals surface area contributed by atoms with Crippen LogP contribution in [0.5, 0.6) is 0 Å². The molecule has 2 aliphatic rings. The Morgan fingerprint density at radius 1 is 1.18 bits per heavy atom. The predicted molar refractivity (Wildman–Crippen MR) is 68.6 cm³/mol. The van der Waals surface area contributed by atoms with E-state index in [0.29, 0.717) is 11.3 Å². The number of aryl methyl sites for hydroxylation is 1. The molecule has 0 saturated carbocycles. The average molecular weight is 253 g/mol. The van der Waals surface area contributed by atoms with Gasteiger partial charge in [0.25, 0.3) is 0 Å². The third-order valence-corrected chi connectivity index (χ3v) is 3.75. The van der Waals surface area contributed by atoms with E-state index in [1.807, 2.05) is 0 Å². The van der Waals surface area contributed by atoms with Gasteiger partial charge in [0.15, 0.2) is 0 Å². The van der Waals surface area contributed by atoms with Crippen LogP contribution in [0.1, 0.15) is 30.5 Å². The fourth-order valence-electron chi connectivity index (χ4n) is 2.68. The lowest BCUT2D eigenvalue weighted by molar-refractivity contribution is 0.478. The molecule has 0 unspecified atom stereocenters. The number of rotatable bonds is 2. The Labute approximate surface area is 106 Å². The highest BCUT2D eigenvalue weighted by Crippen LogP contribution is 2.28. The molecule has 1 aliphatic carbocycles. The molecule has 5 heteroatoms. The Morgan fingerprint density at radius 2 is 2.00 bits per heavy atom. The SMILES string of the molecule is Clc1nc2c(c(NC3CCNCC3)n1)CCC2. The van der Waals surface area contributed by atoms with Gasteiger partial charge in [-0.2, -0.15) is 0 Å². The van der Waals surface area contributed by atoms with E-state index >= 15 is 0 Å².